The molecule has 2 aromatic heterocycles. The second-order valence-electron chi connectivity index (χ2n) is 7.58. The minimum Gasteiger partial charge on any atom is -0.508 e. The van der Waals surface area contributed by atoms with E-state index in [2.05, 4.69) is 25.1 Å². The highest BCUT2D eigenvalue weighted by Crippen LogP contribution is 2.34. The van der Waals surface area contributed by atoms with Crippen LogP contribution in [0.3, 0.4) is 0 Å². The molecule has 4 aromatic rings. The van der Waals surface area contributed by atoms with Crippen LogP contribution < -0.4 is 4.74 Å². The van der Waals surface area contributed by atoms with Crippen molar-refractivity contribution in [3.05, 3.63) is 83.6 Å². The smallest absolute Gasteiger partial charge is 0.118 e. The zero-order valence-electron chi connectivity index (χ0n) is 16.7. The van der Waals surface area contributed by atoms with Crippen LogP contribution in [0.4, 0.5) is 0 Å². The van der Waals surface area contributed by atoms with E-state index in [1.807, 2.05) is 48.7 Å². The van der Waals surface area contributed by atoms with Gasteiger partial charge in [0.25, 0.3) is 0 Å². The van der Waals surface area contributed by atoms with Crippen molar-refractivity contribution in [2.24, 2.45) is 0 Å². The summed E-state index contributed by atoms with van der Waals surface area (Å²) in [5.41, 5.74) is 6.46. The van der Waals surface area contributed by atoms with Crippen LogP contribution in [0.2, 0.25) is 0 Å². The third-order valence-electron chi connectivity index (χ3n) is 5.67. The van der Waals surface area contributed by atoms with Crippen LogP contribution in [-0.4, -0.2) is 43.8 Å². The number of aromatic nitrogens is 4. The van der Waals surface area contributed by atoms with Crippen LogP contribution in [-0.2, 0) is 13.1 Å². The van der Waals surface area contributed by atoms with E-state index in [-0.39, 0.29) is 11.7 Å². The number of hydrogen-bond donors (Lipinski definition) is 3. The molecular formula is C23H23N5O2. The van der Waals surface area contributed by atoms with Gasteiger partial charge in [0.05, 0.1) is 36.7 Å². The second kappa shape index (κ2) is 7.68. The van der Waals surface area contributed by atoms with E-state index in [1.165, 1.54) is 0 Å². The predicted octanol–water partition coefficient (Wildman–Crippen LogP) is 3.66. The number of imidazole rings is 1. The summed E-state index contributed by atoms with van der Waals surface area (Å²) in [6.07, 6.45) is 3.65. The first-order valence-corrected chi connectivity index (χ1v) is 9.91. The predicted molar refractivity (Wildman–Crippen MR) is 113 cm³/mol. The summed E-state index contributed by atoms with van der Waals surface area (Å²) >= 11 is 0. The van der Waals surface area contributed by atoms with Crippen molar-refractivity contribution < 1.29 is 9.84 Å². The van der Waals surface area contributed by atoms with Crippen LogP contribution in [0.1, 0.15) is 28.4 Å². The number of aromatic amines is 2. The molecule has 1 unspecified atom stereocenters. The van der Waals surface area contributed by atoms with Crippen molar-refractivity contribution in [1.29, 1.82) is 0 Å². The minimum absolute atomic E-state index is 0.100. The first-order valence-electron chi connectivity index (χ1n) is 9.91. The van der Waals surface area contributed by atoms with Gasteiger partial charge in [0, 0.05) is 36.7 Å². The molecule has 0 saturated heterocycles. The van der Waals surface area contributed by atoms with Crippen molar-refractivity contribution in [3.63, 3.8) is 0 Å². The number of benzene rings is 2. The molecular weight excluding hydrogens is 378 g/mol. The Kier molecular flexibility index (Phi) is 4.72. The lowest BCUT2D eigenvalue weighted by Gasteiger charge is -2.32. The van der Waals surface area contributed by atoms with Crippen molar-refractivity contribution in [2.45, 2.75) is 19.0 Å². The molecule has 152 valence electrons. The fourth-order valence-electron chi connectivity index (χ4n) is 4.20. The number of H-pyrrole nitrogens is 2. The van der Waals surface area contributed by atoms with Crippen molar-refractivity contribution in [1.82, 2.24) is 25.1 Å². The Balaban J connectivity index is 1.42. The monoisotopic (exact) mass is 401 g/mol. The largest absolute Gasteiger partial charge is 0.508 e. The standard InChI is InChI=1S/C23H23N5O2/c1-30-19-7-5-15(6-8-19)22-17(10-26-27-22)11-28-12-20(16-3-2-4-18(29)9-16)23-21(13-28)24-14-25-23/h2-10,14,20,29H,11-13H2,1H3,(H,24,25)(H,26,27). The summed E-state index contributed by atoms with van der Waals surface area (Å²) in [4.78, 5) is 10.2. The van der Waals surface area contributed by atoms with E-state index < -0.39 is 0 Å². The number of phenolic OH excluding ortho intramolecular Hbond substituents is 1. The Hall–Kier alpha value is -3.58. The molecule has 7 nitrogen and oxygen atoms in total. The van der Waals surface area contributed by atoms with Crippen LogP contribution >= 0.6 is 0 Å². The van der Waals surface area contributed by atoms with Crippen molar-refractivity contribution in [3.8, 4) is 22.8 Å². The van der Waals surface area contributed by atoms with Crippen LogP contribution in [0.25, 0.3) is 11.3 Å². The number of hydrogen-bond acceptors (Lipinski definition) is 5. The number of nitrogens with zero attached hydrogens (tertiary/aromatic N) is 3. The summed E-state index contributed by atoms with van der Waals surface area (Å²) in [6.45, 7) is 2.36. The van der Waals surface area contributed by atoms with Gasteiger partial charge in [-0.3, -0.25) is 10.00 Å². The fourth-order valence-corrected chi connectivity index (χ4v) is 4.20. The number of rotatable bonds is 5. The number of phenols is 1. The topological polar surface area (TPSA) is 90.1 Å². The molecule has 1 aliphatic heterocycles. The molecule has 0 aliphatic carbocycles. The first-order chi connectivity index (χ1) is 14.7. The third kappa shape index (κ3) is 3.44. The molecule has 3 N–H and O–H groups in total. The fraction of sp³-hybridized carbons (Fsp3) is 0.217. The molecule has 0 amide bonds. The molecule has 0 spiro atoms. The summed E-state index contributed by atoms with van der Waals surface area (Å²) in [5, 5.41) is 17.4. The van der Waals surface area contributed by atoms with Gasteiger partial charge in [-0.2, -0.15) is 5.10 Å². The van der Waals surface area contributed by atoms with Gasteiger partial charge in [-0.05, 0) is 42.0 Å². The number of nitrogens with one attached hydrogen (secondary N) is 2. The molecule has 30 heavy (non-hydrogen) atoms. The molecule has 1 atom stereocenters. The number of aromatic hydroxyl groups is 1. The van der Waals surface area contributed by atoms with E-state index in [0.29, 0.717) is 0 Å². The average molecular weight is 401 g/mol. The molecule has 0 fully saturated rings. The Morgan fingerprint density at radius 1 is 1.20 bits per heavy atom. The Morgan fingerprint density at radius 2 is 2.07 bits per heavy atom. The Morgan fingerprint density at radius 3 is 2.87 bits per heavy atom. The van der Waals surface area contributed by atoms with Gasteiger partial charge in [-0.1, -0.05) is 12.1 Å². The second-order valence-corrected chi connectivity index (χ2v) is 7.58. The molecule has 5 rings (SSSR count). The van der Waals surface area contributed by atoms with E-state index in [1.54, 1.807) is 19.5 Å². The zero-order chi connectivity index (χ0) is 20.5. The quantitative estimate of drug-likeness (QED) is 0.475. The molecule has 1 aliphatic rings. The highest BCUT2D eigenvalue weighted by molar-refractivity contribution is 5.63. The Labute approximate surface area is 174 Å². The molecule has 2 aromatic carbocycles. The number of methoxy groups -OCH3 is 1. The zero-order valence-corrected chi connectivity index (χ0v) is 16.7. The highest BCUT2D eigenvalue weighted by atomic mass is 16.5. The molecule has 0 saturated carbocycles. The maximum Gasteiger partial charge on any atom is 0.118 e. The van der Waals surface area contributed by atoms with E-state index >= 15 is 0 Å². The molecule has 3 heterocycles. The summed E-state index contributed by atoms with van der Waals surface area (Å²) < 4.78 is 5.26. The van der Waals surface area contributed by atoms with Gasteiger partial charge in [0.15, 0.2) is 0 Å². The van der Waals surface area contributed by atoms with Gasteiger partial charge >= 0.3 is 0 Å². The van der Waals surface area contributed by atoms with Gasteiger partial charge < -0.3 is 14.8 Å². The summed E-state index contributed by atoms with van der Waals surface area (Å²) in [6, 6.07) is 15.4. The Bertz CT molecular complexity index is 1150. The average Bonchev–Trinajstić information content (AvgIpc) is 3.43. The molecule has 0 bridgehead atoms. The molecule has 7 heteroatoms. The minimum atomic E-state index is 0.100. The summed E-state index contributed by atoms with van der Waals surface area (Å²) in [7, 11) is 1.67. The van der Waals surface area contributed by atoms with Crippen LogP contribution in [0.15, 0.2) is 61.1 Å². The maximum absolute atomic E-state index is 9.95. The lowest BCUT2D eigenvalue weighted by Crippen LogP contribution is -2.33. The van der Waals surface area contributed by atoms with Gasteiger partial charge in [0.1, 0.15) is 11.5 Å². The highest BCUT2D eigenvalue weighted by Gasteiger charge is 2.29. The number of fused-ring (bicyclic) bond motifs is 1. The number of ether oxygens (including phenoxy) is 1. The van der Waals surface area contributed by atoms with E-state index in [9.17, 15) is 5.11 Å². The lowest BCUT2D eigenvalue weighted by molar-refractivity contribution is 0.228. The van der Waals surface area contributed by atoms with E-state index in [0.717, 1.165) is 59.2 Å². The van der Waals surface area contributed by atoms with E-state index in [4.69, 9.17) is 4.74 Å². The molecule has 0 radical (unpaired) electrons. The van der Waals surface area contributed by atoms with Gasteiger partial charge in [-0.25, -0.2) is 4.98 Å². The van der Waals surface area contributed by atoms with Gasteiger partial charge in [0.2, 0.25) is 0 Å². The van der Waals surface area contributed by atoms with Crippen LogP contribution in [0.5, 0.6) is 11.5 Å². The van der Waals surface area contributed by atoms with Crippen molar-refractivity contribution >= 4 is 0 Å². The SMILES string of the molecule is COc1ccc(-c2[nH]ncc2CN2Cc3[nH]cnc3C(c3cccc(O)c3)C2)cc1. The lowest BCUT2D eigenvalue weighted by atomic mass is 9.90. The maximum atomic E-state index is 9.95. The van der Waals surface area contributed by atoms with Gasteiger partial charge in [-0.15, -0.1) is 0 Å². The third-order valence-corrected chi connectivity index (χ3v) is 5.67. The normalized spacial score (nSPS) is 16.4. The van der Waals surface area contributed by atoms with Crippen molar-refractivity contribution in [2.75, 3.05) is 13.7 Å². The first kappa shape index (κ1) is 18.4. The van der Waals surface area contributed by atoms with Crippen LogP contribution in [0, 0.1) is 0 Å². The summed E-state index contributed by atoms with van der Waals surface area (Å²) in [5.74, 6) is 1.21.